The second kappa shape index (κ2) is 9.96. The van der Waals surface area contributed by atoms with Gasteiger partial charge in [0.2, 0.25) is 0 Å². The Balaban J connectivity index is 1.94. The van der Waals surface area contributed by atoms with E-state index in [4.69, 9.17) is 23.9 Å². The minimum Gasteiger partial charge on any atom is -0.497 e. The lowest BCUT2D eigenvalue weighted by molar-refractivity contribution is 0.355. The van der Waals surface area contributed by atoms with Crippen LogP contribution in [0, 0.1) is 0 Å². The molecule has 0 spiro atoms. The molecule has 0 atom stereocenters. The first-order valence-electron chi connectivity index (χ1n) is 10.2. The largest absolute Gasteiger partial charge is 0.497 e. The summed E-state index contributed by atoms with van der Waals surface area (Å²) in [5.74, 6) is 2.62. The van der Waals surface area contributed by atoms with Gasteiger partial charge in [0.05, 0.1) is 45.6 Å². The summed E-state index contributed by atoms with van der Waals surface area (Å²) in [7, 11) is 6.25. The molecule has 0 bridgehead atoms. The molecule has 4 aromatic rings. The van der Waals surface area contributed by atoms with Gasteiger partial charge in [0, 0.05) is 16.1 Å². The predicted octanol–water partition coefficient (Wildman–Crippen LogP) is 4.74. The van der Waals surface area contributed by atoms with Crippen LogP contribution in [0.2, 0.25) is 0 Å². The van der Waals surface area contributed by atoms with Crippen molar-refractivity contribution in [2.45, 2.75) is 0 Å². The van der Waals surface area contributed by atoms with E-state index in [2.05, 4.69) is 21.0 Å². The summed E-state index contributed by atoms with van der Waals surface area (Å²) in [5, 5.41) is 4.93. The molecule has 0 aliphatic rings. The second-order valence-electron chi connectivity index (χ2n) is 7.17. The molecule has 9 heteroatoms. The number of fused-ring (bicyclic) bond motifs is 1. The molecule has 8 nitrogen and oxygen atoms in total. The van der Waals surface area contributed by atoms with Crippen molar-refractivity contribution in [2.24, 2.45) is 5.10 Å². The van der Waals surface area contributed by atoms with E-state index < -0.39 is 0 Å². The van der Waals surface area contributed by atoms with E-state index in [0.717, 1.165) is 4.47 Å². The van der Waals surface area contributed by atoms with Crippen LogP contribution in [0.5, 0.6) is 23.0 Å². The molecule has 0 saturated heterocycles. The summed E-state index contributed by atoms with van der Waals surface area (Å²) in [6, 6.07) is 16.0. The maximum atomic E-state index is 13.5. The van der Waals surface area contributed by atoms with Crippen molar-refractivity contribution in [1.82, 2.24) is 9.66 Å². The number of rotatable bonds is 7. The fourth-order valence-electron chi connectivity index (χ4n) is 3.44. The average molecular weight is 524 g/mol. The smallest absolute Gasteiger partial charge is 0.282 e. The van der Waals surface area contributed by atoms with Crippen molar-refractivity contribution in [3.8, 4) is 34.4 Å². The van der Waals surface area contributed by atoms with Crippen molar-refractivity contribution in [1.29, 1.82) is 0 Å². The quantitative estimate of drug-likeness (QED) is 0.325. The topological polar surface area (TPSA) is 84.2 Å². The summed E-state index contributed by atoms with van der Waals surface area (Å²) < 4.78 is 23.5. The zero-order chi connectivity index (χ0) is 24.2. The fraction of sp³-hybridized carbons (Fsp3) is 0.160. The molecule has 0 saturated carbocycles. The minimum atomic E-state index is -0.320. The van der Waals surface area contributed by atoms with Crippen LogP contribution < -0.4 is 24.5 Å². The molecule has 1 aromatic heterocycles. The number of aromatic nitrogens is 2. The van der Waals surface area contributed by atoms with E-state index >= 15 is 0 Å². The number of hydrogen-bond acceptors (Lipinski definition) is 7. The number of hydrogen-bond donors (Lipinski definition) is 0. The molecule has 0 fully saturated rings. The molecule has 4 rings (SSSR count). The Labute approximate surface area is 204 Å². The standard InChI is InChI=1S/C25H22BrN3O5/c1-31-18-10-16(11-19(13-18)32-2)24-28-21-7-6-17(26)12-20(21)25(30)29(24)27-14-15-5-8-22(33-3)23(9-15)34-4/h5-14H,1-4H3. The van der Waals surface area contributed by atoms with Crippen LogP contribution in [0.15, 0.2) is 69.0 Å². The van der Waals surface area contributed by atoms with Gasteiger partial charge in [-0.25, -0.2) is 4.98 Å². The van der Waals surface area contributed by atoms with Gasteiger partial charge in [-0.05, 0) is 54.1 Å². The van der Waals surface area contributed by atoms with Gasteiger partial charge in [-0.1, -0.05) is 15.9 Å². The highest BCUT2D eigenvalue weighted by molar-refractivity contribution is 9.10. The van der Waals surface area contributed by atoms with Crippen molar-refractivity contribution in [3.63, 3.8) is 0 Å². The normalized spacial score (nSPS) is 11.1. The zero-order valence-electron chi connectivity index (χ0n) is 19.0. The predicted molar refractivity (Wildman–Crippen MR) is 135 cm³/mol. The molecule has 0 aliphatic carbocycles. The number of benzene rings is 3. The third kappa shape index (κ3) is 4.60. The Morgan fingerprint density at radius 3 is 2.21 bits per heavy atom. The molecule has 0 radical (unpaired) electrons. The van der Waals surface area contributed by atoms with Gasteiger partial charge < -0.3 is 18.9 Å². The van der Waals surface area contributed by atoms with Crippen LogP contribution in [-0.4, -0.2) is 44.3 Å². The molecule has 0 unspecified atom stereocenters. The van der Waals surface area contributed by atoms with E-state index in [1.807, 2.05) is 12.1 Å². The molecule has 0 amide bonds. The lowest BCUT2D eigenvalue weighted by Gasteiger charge is -2.12. The van der Waals surface area contributed by atoms with Crippen LogP contribution in [0.3, 0.4) is 0 Å². The van der Waals surface area contributed by atoms with Crippen molar-refractivity contribution in [3.05, 3.63) is 75.0 Å². The van der Waals surface area contributed by atoms with Crippen molar-refractivity contribution >= 4 is 33.0 Å². The molecule has 174 valence electrons. The zero-order valence-corrected chi connectivity index (χ0v) is 20.6. The van der Waals surface area contributed by atoms with Crippen LogP contribution >= 0.6 is 15.9 Å². The van der Waals surface area contributed by atoms with Crippen LogP contribution in [-0.2, 0) is 0 Å². The van der Waals surface area contributed by atoms with Gasteiger partial charge in [-0.2, -0.15) is 9.78 Å². The SMILES string of the molecule is COc1cc(OC)cc(-c2nc3ccc(Br)cc3c(=O)n2N=Cc2ccc(OC)c(OC)c2)c1. The lowest BCUT2D eigenvalue weighted by Crippen LogP contribution is -2.20. The summed E-state index contributed by atoms with van der Waals surface area (Å²) in [6.07, 6.45) is 1.57. The first kappa shape index (κ1) is 23.3. The van der Waals surface area contributed by atoms with Gasteiger partial charge in [0.1, 0.15) is 11.5 Å². The van der Waals surface area contributed by atoms with E-state index in [1.54, 1.807) is 77.1 Å². The minimum absolute atomic E-state index is 0.320. The Bertz CT molecular complexity index is 1430. The van der Waals surface area contributed by atoms with E-state index in [0.29, 0.717) is 50.9 Å². The van der Waals surface area contributed by atoms with Gasteiger partial charge in [0.15, 0.2) is 17.3 Å². The molecule has 34 heavy (non-hydrogen) atoms. The first-order chi connectivity index (χ1) is 16.5. The molecule has 1 heterocycles. The van der Waals surface area contributed by atoms with Gasteiger partial charge in [-0.3, -0.25) is 4.79 Å². The number of ether oxygens (including phenoxy) is 4. The highest BCUT2D eigenvalue weighted by atomic mass is 79.9. The fourth-order valence-corrected chi connectivity index (χ4v) is 3.80. The third-order valence-electron chi connectivity index (χ3n) is 5.15. The van der Waals surface area contributed by atoms with E-state index in [-0.39, 0.29) is 5.56 Å². The number of methoxy groups -OCH3 is 4. The van der Waals surface area contributed by atoms with E-state index in [1.165, 1.54) is 4.68 Å². The van der Waals surface area contributed by atoms with Crippen LogP contribution in [0.25, 0.3) is 22.3 Å². The highest BCUT2D eigenvalue weighted by Crippen LogP contribution is 2.30. The summed E-state index contributed by atoms with van der Waals surface area (Å²) in [5.41, 5.74) is 1.55. The molecule has 3 aromatic carbocycles. The third-order valence-corrected chi connectivity index (χ3v) is 5.64. The number of halogens is 1. The van der Waals surface area contributed by atoms with Crippen molar-refractivity contribution in [2.75, 3.05) is 28.4 Å². The van der Waals surface area contributed by atoms with Crippen LogP contribution in [0.1, 0.15) is 5.56 Å². The summed E-state index contributed by atoms with van der Waals surface area (Å²) in [6.45, 7) is 0. The molecule has 0 N–H and O–H groups in total. The Morgan fingerprint density at radius 2 is 1.56 bits per heavy atom. The Kier molecular flexibility index (Phi) is 6.83. The second-order valence-corrected chi connectivity index (χ2v) is 8.09. The highest BCUT2D eigenvalue weighted by Gasteiger charge is 2.15. The Morgan fingerprint density at radius 1 is 0.853 bits per heavy atom. The molecular weight excluding hydrogens is 502 g/mol. The summed E-state index contributed by atoms with van der Waals surface area (Å²) >= 11 is 3.42. The first-order valence-corrected chi connectivity index (χ1v) is 11.0. The Hall–Kier alpha value is -3.85. The van der Waals surface area contributed by atoms with Gasteiger partial charge in [0.25, 0.3) is 5.56 Å². The summed E-state index contributed by atoms with van der Waals surface area (Å²) in [4.78, 5) is 18.3. The van der Waals surface area contributed by atoms with Gasteiger partial charge >= 0.3 is 0 Å². The maximum absolute atomic E-state index is 13.5. The van der Waals surface area contributed by atoms with Gasteiger partial charge in [-0.15, -0.1) is 0 Å². The number of nitrogens with zero attached hydrogens (tertiary/aromatic N) is 3. The molecular formula is C25H22BrN3O5. The average Bonchev–Trinajstić information content (AvgIpc) is 2.87. The molecule has 0 aliphatic heterocycles. The van der Waals surface area contributed by atoms with Crippen molar-refractivity contribution < 1.29 is 18.9 Å². The van der Waals surface area contributed by atoms with Crippen LogP contribution in [0.4, 0.5) is 0 Å². The van der Waals surface area contributed by atoms with E-state index in [9.17, 15) is 4.79 Å². The monoisotopic (exact) mass is 523 g/mol. The lowest BCUT2D eigenvalue weighted by atomic mass is 10.1. The maximum Gasteiger partial charge on any atom is 0.282 e.